The maximum atomic E-state index is 13.6. The van der Waals surface area contributed by atoms with Crippen LogP contribution < -0.4 is 5.32 Å². The molecule has 1 aromatic carbocycles. The molecule has 3 nitrogen and oxygen atoms in total. The van der Waals surface area contributed by atoms with Gasteiger partial charge in [-0.05, 0) is 37.7 Å². The molecule has 116 valence electrons. The Morgan fingerprint density at radius 2 is 1.86 bits per heavy atom. The van der Waals surface area contributed by atoms with Crippen molar-refractivity contribution in [2.45, 2.75) is 30.5 Å². The van der Waals surface area contributed by atoms with Crippen LogP contribution in [-0.4, -0.2) is 22.4 Å². The summed E-state index contributed by atoms with van der Waals surface area (Å²) in [6.07, 6.45) is 3.87. The average Bonchev–Trinajstić information content (AvgIpc) is 2.48. The Morgan fingerprint density at radius 3 is 2.48 bits per heavy atom. The fraction of sp³-hybridized carbons (Fsp3) is 0.500. The molecule has 0 aliphatic heterocycles. The molecular formula is C14H15BrF3NO2. The van der Waals surface area contributed by atoms with Crippen LogP contribution in [-0.2, 0) is 0 Å². The summed E-state index contributed by atoms with van der Waals surface area (Å²) in [5.74, 6) is -6.65. The Bertz CT molecular complexity index is 546. The molecule has 21 heavy (non-hydrogen) atoms. The van der Waals surface area contributed by atoms with E-state index in [2.05, 4.69) is 21.2 Å². The number of phenolic OH excluding ortho intramolecular Hbond substituents is 1. The number of carbonyl (C=O) groups is 1. The van der Waals surface area contributed by atoms with Gasteiger partial charge in [-0.3, -0.25) is 4.79 Å². The topological polar surface area (TPSA) is 49.3 Å². The quantitative estimate of drug-likeness (QED) is 0.636. The number of amides is 1. The van der Waals surface area contributed by atoms with Crippen LogP contribution in [0.1, 0.15) is 36.0 Å². The van der Waals surface area contributed by atoms with Crippen molar-refractivity contribution in [2.75, 3.05) is 6.54 Å². The van der Waals surface area contributed by atoms with Crippen LogP contribution >= 0.6 is 15.9 Å². The minimum absolute atomic E-state index is 0.282. The highest BCUT2D eigenvalue weighted by atomic mass is 79.9. The summed E-state index contributed by atoms with van der Waals surface area (Å²) in [5.41, 5.74) is -0.694. The summed E-state index contributed by atoms with van der Waals surface area (Å²) in [7, 11) is 0. The van der Waals surface area contributed by atoms with Crippen LogP contribution in [0.15, 0.2) is 6.07 Å². The van der Waals surface area contributed by atoms with Gasteiger partial charge >= 0.3 is 0 Å². The predicted molar refractivity (Wildman–Crippen MR) is 75.0 cm³/mol. The molecule has 0 unspecified atom stereocenters. The number of rotatable bonds is 3. The molecule has 1 aromatic rings. The third-order valence-corrected chi connectivity index (χ3v) is 4.62. The minimum atomic E-state index is -1.69. The number of benzene rings is 1. The van der Waals surface area contributed by atoms with E-state index in [0.717, 1.165) is 25.7 Å². The van der Waals surface area contributed by atoms with Gasteiger partial charge in [0.1, 0.15) is 0 Å². The number of nitrogens with one attached hydrogen (secondary N) is 1. The second-order valence-corrected chi connectivity index (χ2v) is 6.51. The summed E-state index contributed by atoms with van der Waals surface area (Å²) >= 11 is 3.52. The first-order valence-electron chi connectivity index (χ1n) is 6.69. The van der Waals surface area contributed by atoms with Crippen LogP contribution in [0.25, 0.3) is 0 Å². The molecule has 0 spiro atoms. The molecule has 0 heterocycles. The van der Waals surface area contributed by atoms with Crippen LogP contribution in [0.4, 0.5) is 13.2 Å². The molecule has 1 fully saturated rings. The van der Waals surface area contributed by atoms with Crippen molar-refractivity contribution in [3.8, 4) is 5.75 Å². The molecule has 0 aromatic heterocycles. The third kappa shape index (κ3) is 3.70. The van der Waals surface area contributed by atoms with Gasteiger partial charge in [0.25, 0.3) is 5.91 Å². The molecule has 0 radical (unpaired) electrons. The molecule has 0 atom stereocenters. The monoisotopic (exact) mass is 365 g/mol. The number of alkyl halides is 1. The molecule has 0 bridgehead atoms. The van der Waals surface area contributed by atoms with E-state index in [1.54, 1.807) is 0 Å². The van der Waals surface area contributed by atoms with Gasteiger partial charge in [0.2, 0.25) is 5.82 Å². The van der Waals surface area contributed by atoms with E-state index in [0.29, 0.717) is 17.4 Å². The lowest BCUT2D eigenvalue weighted by atomic mass is 9.89. The number of phenols is 1. The number of hydrogen-bond acceptors (Lipinski definition) is 2. The summed E-state index contributed by atoms with van der Waals surface area (Å²) < 4.78 is 39.7. The first-order valence-corrected chi connectivity index (χ1v) is 7.60. The highest BCUT2D eigenvalue weighted by molar-refractivity contribution is 9.09. The maximum Gasteiger partial charge on any atom is 0.254 e. The lowest BCUT2D eigenvalue weighted by Crippen LogP contribution is -2.32. The normalized spacial score (nSPS) is 22.1. The van der Waals surface area contributed by atoms with Crippen LogP contribution in [0.3, 0.4) is 0 Å². The van der Waals surface area contributed by atoms with Gasteiger partial charge in [0.15, 0.2) is 17.4 Å². The van der Waals surface area contributed by atoms with Crippen LogP contribution in [0.2, 0.25) is 0 Å². The molecule has 7 heteroatoms. The Labute approximate surface area is 128 Å². The number of hydrogen-bond donors (Lipinski definition) is 2. The largest absolute Gasteiger partial charge is 0.503 e. The van der Waals surface area contributed by atoms with E-state index in [4.69, 9.17) is 5.11 Å². The summed E-state index contributed by atoms with van der Waals surface area (Å²) in [6, 6.07) is 0.453. The molecule has 2 rings (SSSR count). The third-order valence-electron chi connectivity index (χ3n) is 3.71. The summed E-state index contributed by atoms with van der Waals surface area (Å²) in [5, 5.41) is 11.6. The maximum absolute atomic E-state index is 13.6. The zero-order valence-electron chi connectivity index (χ0n) is 11.1. The van der Waals surface area contributed by atoms with Gasteiger partial charge in [-0.25, -0.2) is 8.78 Å². The molecule has 1 aliphatic rings. The van der Waals surface area contributed by atoms with E-state index in [1.807, 2.05) is 0 Å². The van der Waals surface area contributed by atoms with Crippen molar-refractivity contribution in [1.29, 1.82) is 0 Å². The standard InChI is InChI=1S/C14H15BrF3NO2/c15-8-3-1-7(2-4-8)6-19-14(21)9-5-10(16)12(18)13(20)11(9)17/h5,7-8,20H,1-4,6H2,(H,19,21). The summed E-state index contributed by atoms with van der Waals surface area (Å²) in [6.45, 7) is 0.345. The second kappa shape index (κ2) is 6.68. The van der Waals surface area contributed by atoms with Crippen LogP contribution in [0.5, 0.6) is 5.75 Å². The van der Waals surface area contributed by atoms with Crippen molar-refractivity contribution in [1.82, 2.24) is 5.32 Å². The smallest absolute Gasteiger partial charge is 0.254 e. The van der Waals surface area contributed by atoms with Crippen LogP contribution in [0, 0.1) is 23.4 Å². The second-order valence-electron chi connectivity index (χ2n) is 5.21. The summed E-state index contributed by atoms with van der Waals surface area (Å²) in [4.78, 5) is 12.3. The SMILES string of the molecule is O=C(NCC1CCC(Br)CC1)c1cc(F)c(F)c(O)c1F. The Kier molecular flexibility index (Phi) is 5.13. The first kappa shape index (κ1) is 16.1. The first-order chi connectivity index (χ1) is 9.90. The number of aromatic hydroxyl groups is 1. The molecule has 2 N–H and O–H groups in total. The lowest BCUT2D eigenvalue weighted by Gasteiger charge is -2.25. The highest BCUT2D eigenvalue weighted by Gasteiger charge is 2.24. The van der Waals surface area contributed by atoms with E-state index in [1.165, 1.54) is 0 Å². The molecule has 1 aliphatic carbocycles. The molecule has 1 saturated carbocycles. The zero-order chi connectivity index (χ0) is 15.6. The van der Waals surface area contributed by atoms with Gasteiger partial charge in [0.05, 0.1) is 5.56 Å². The predicted octanol–water partition coefficient (Wildman–Crippen LogP) is 3.49. The van der Waals surface area contributed by atoms with Gasteiger partial charge < -0.3 is 10.4 Å². The van der Waals surface area contributed by atoms with E-state index >= 15 is 0 Å². The molecule has 1 amide bonds. The lowest BCUT2D eigenvalue weighted by molar-refractivity contribution is 0.0938. The van der Waals surface area contributed by atoms with Gasteiger partial charge in [-0.2, -0.15) is 4.39 Å². The Balaban J connectivity index is 2.01. The Hall–Kier alpha value is -1.24. The van der Waals surface area contributed by atoms with E-state index in [9.17, 15) is 18.0 Å². The minimum Gasteiger partial charge on any atom is -0.503 e. The zero-order valence-corrected chi connectivity index (χ0v) is 12.7. The van der Waals surface area contributed by atoms with Crippen molar-refractivity contribution in [3.63, 3.8) is 0 Å². The fourth-order valence-electron chi connectivity index (χ4n) is 2.41. The number of carbonyl (C=O) groups excluding carboxylic acids is 1. The van der Waals surface area contributed by atoms with Crippen molar-refractivity contribution in [2.24, 2.45) is 5.92 Å². The molecular weight excluding hydrogens is 351 g/mol. The highest BCUT2D eigenvalue weighted by Crippen LogP contribution is 2.29. The van der Waals surface area contributed by atoms with E-state index in [-0.39, 0.29) is 5.92 Å². The van der Waals surface area contributed by atoms with Gasteiger partial charge in [-0.15, -0.1) is 0 Å². The van der Waals surface area contributed by atoms with Crippen molar-refractivity contribution in [3.05, 3.63) is 29.1 Å². The van der Waals surface area contributed by atoms with Gasteiger partial charge in [0, 0.05) is 11.4 Å². The average molecular weight is 366 g/mol. The Morgan fingerprint density at radius 1 is 1.24 bits per heavy atom. The van der Waals surface area contributed by atoms with E-state index < -0.39 is 34.7 Å². The van der Waals surface area contributed by atoms with Gasteiger partial charge in [-0.1, -0.05) is 15.9 Å². The van der Waals surface area contributed by atoms with Crippen molar-refractivity contribution < 1.29 is 23.1 Å². The fourth-order valence-corrected chi connectivity index (χ4v) is 2.94. The molecule has 0 saturated heterocycles. The van der Waals surface area contributed by atoms with Crippen molar-refractivity contribution >= 4 is 21.8 Å². The number of halogens is 4.